The van der Waals surface area contributed by atoms with Crippen LogP contribution in [0.3, 0.4) is 0 Å². The van der Waals surface area contributed by atoms with E-state index in [0.717, 1.165) is 11.3 Å². The first-order chi connectivity index (χ1) is 12.6. The fourth-order valence-electron chi connectivity index (χ4n) is 2.51. The van der Waals surface area contributed by atoms with Crippen molar-refractivity contribution in [2.75, 3.05) is 5.32 Å². The average Bonchev–Trinajstić information content (AvgIpc) is 3.11. The molecule has 0 aliphatic heterocycles. The van der Waals surface area contributed by atoms with Crippen molar-refractivity contribution >= 4 is 40.4 Å². The fourth-order valence-corrected chi connectivity index (χ4v) is 2.88. The van der Waals surface area contributed by atoms with Gasteiger partial charge in [-0.05, 0) is 42.5 Å². The molecule has 0 unspecified atom stereocenters. The Hall–Kier alpha value is -2.96. The van der Waals surface area contributed by atoms with E-state index in [4.69, 9.17) is 23.2 Å². The summed E-state index contributed by atoms with van der Waals surface area (Å²) in [5.41, 5.74) is 3.17. The van der Waals surface area contributed by atoms with Crippen molar-refractivity contribution in [3.8, 4) is 11.3 Å². The molecule has 2 aromatic heterocycles. The lowest BCUT2D eigenvalue weighted by atomic mass is 10.1. The molecule has 6 nitrogen and oxygen atoms in total. The van der Waals surface area contributed by atoms with E-state index in [1.54, 1.807) is 22.7 Å². The second-order valence-corrected chi connectivity index (χ2v) is 6.36. The van der Waals surface area contributed by atoms with Gasteiger partial charge in [0.25, 0.3) is 5.91 Å². The molecule has 128 valence electrons. The minimum absolute atomic E-state index is 0.314. The largest absolute Gasteiger partial charge is 0.322 e. The van der Waals surface area contributed by atoms with Crippen LogP contribution in [0.1, 0.15) is 10.4 Å². The number of anilines is 1. The predicted molar refractivity (Wildman–Crippen MR) is 101 cm³/mol. The number of benzene rings is 2. The first kappa shape index (κ1) is 16.5. The lowest BCUT2D eigenvalue weighted by Crippen LogP contribution is -2.12. The van der Waals surface area contributed by atoms with Gasteiger partial charge >= 0.3 is 0 Å². The second-order valence-electron chi connectivity index (χ2n) is 5.51. The van der Waals surface area contributed by atoms with Crippen LogP contribution in [0.4, 0.5) is 5.69 Å². The molecule has 1 amide bonds. The Morgan fingerprint density at radius 1 is 1.04 bits per heavy atom. The van der Waals surface area contributed by atoms with Crippen LogP contribution in [0.25, 0.3) is 16.9 Å². The maximum atomic E-state index is 12.5. The van der Waals surface area contributed by atoms with E-state index in [1.165, 1.54) is 12.4 Å². The number of nitrogens with zero attached hydrogens (tertiary/aromatic N) is 4. The van der Waals surface area contributed by atoms with Crippen molar-refractivity contribution < 1.29 is 4.79 Å². The number of carbonyl (C=O) groups excluding carboxylic acids is 1. The van der Waals surface area contributed by atoms with Crippen LogP contribution in [0, 0.1) is 0 Å². The van der Waals surface area contributed by atoms with Gasteiger partial charge in [0, 0.05) is 16.3 Å². The van der Waals surface area contributed by atoms with Crippen LogP contribution < -0.4 is 5.32 Å². The maximum absolute atomic E-state index is 12.5. The van der Waals surface area contributed by atoms with Gasteiger partial charge in [-0.15, -0.1) is 10.2 Å². The minimum Gasteiger partial charge on any atom is -0.322 e. The van der Waals surface area contributed by atoms with Crippen molar-refractivity contribution in [3.05, 3.63) is 76.5 Å². The van der Waals surface area contributed by atoms with Gasteiger partial charge in [0.1, 0.15) is 6.33 Å². The molecule has 0 saturated carbocycles. The molecule has 2 aromatic carbocycles. The van der Waals surface area contributed by atoms with E-state index in [-0.39, 0.29) is 5.91 Å². The normalized spacial score (nSPS) is 10.8. The Balaban J connectivity index is 1.63. The summed E-state index contributed by atoms with van der Waals surface area (Å²) in [7, 11) is 0. The fraction of sp³-hybridized carbons (Fsp3) is 0. The molecule has 4 rings (SSSR count). The van der Waals surface area contributed by atoms with E-state index >= 15 is 0 Å². The Morgan fingerprint density at radius 2 is 1.92 bits per heavy atom. The van der Waals surface area contributed by atoms with Gasteiger partial charge in [-0.2, -0.15) is 9.61 Å². The number of hydrogen-bond acceptors (Lipinski definition) is 4. The smallest absolute Gasteiger partial charge is 0.257 e. The molecular formula is C18H11Cl2N5O. The first-order valence-corrected chi connectivity index (χ1v) is 8.40. The van der Waals surface area contributed by atoms with E-state index in [1.807, 2.05) is 30.3 Å². The highest BCUT2D eigenvalue weighted by Gasteiger charge is 2.12. The van der Waals surface area contributed by atoms with E-state index in [9.17, 15) is 4.79 Å². The van der Waals surface area contributed by atoms with E-state index in [2.05, 4.69) is 20.6 Å². The van der Waals surface area contributed by atoms with Crippen molar-refractivity contribution in [2.45, 2.75) is 0 Å². The number of aromatic nitrogens is 4. The van der Waals surface area contributed by atoms with Gasteiger partial charge < -0.3 is 5.32 Å². The number of fused-ring (bicyclic) bond motifs is 1. The molecule has 0 bridgehead atoms. The van der Waals surface area contributed by atoms with Crippen LogP contribution in [0.2, 0.25) is 10.0 Å². The average molecular weight is 384 g/mol. The number of hydrogen-bond donors (Lipinski definition) is 1. The van der Waals surface area contributed by atoms with Crippen LogP contribution in [-0.2, 0) is 0 Å². The quantitative estimate of drug-likeness (QED) is 0.570. The van der Waals surface area contributed by atoms with E-state index in [0.29, 0.717) is 26.9 Å². The molecule has 0 aliphatic rings. The molecular weight excluding hydrogens is 373 g/mol. The lowest BCUT2D eigenvalue weighted by Gasteiger charge is -2.09. The summed E-state index contributed by atoms with van der Waals surface area (Å²) < 4.78 is 1.59. The molecule has 0 atom stereocenters. The summed E-state index contributed by atoms with van der Waals surface area (Å²) in [6.45, 7) is 0. The van der Waals surface area contributed by atoms with Crippen LogP contribution in [0.15, 0.2) is 60.9 Å². The van der Waals surface area contributed by atoms with E-state index < -0.39 is 0 Å². The second kappa shape index (κ2) is 6.74. The Bertz CT molecular complexity index is 1130. The zero-order valence-electron chi connectivity index (χ0n) is 13.2. The summed E-state index contributed by atoms with van der Waals surface area (Å²) in [4.78, 5) is 12.5. The third-order valence-corrected chi connectivity index (χ3v) is 4.32. The number of nitrogens with one attached hydrogen (secondary N) is 1. The molecule has 0 aliphatic carbocycles. The highest BCUT2D eigenvalue weighted by molar-refractivity contribution is 6.36. The number of amides is 1. The third-order valence-electron chi connectivity index (χ3n) is 3.75. The minimum atomic E-state index is -0.336. The highest BCUT2D eigenvalue weighted by atomic mass is 35.5. The zero-order valence-corrected chi connectivity index (χ0v) is 14.7. The van der Waals surface area contributed by atoms with Crippen molar-refractivity contribution in [1.29, 1.82) is 0 Å². The third kappa shape index (κ3) is 3.24. The summed E-state index contributed by atoms with van der Waals surface area (Å²) in [6, 6.07) is 15.8. The standard InChI is InChI=1S/C18H11Cl2N5O/c19-12-4-5-15(20)14(9-12)18(26)22-13-3-1-2-11(8-13)16-6-7-17-23-21-10-25(17)24-16/h1-10H,(H,22,26). The Morgan fingerprint density at radius 3 is 2.81 bits per heavy atom. The summed E-state index contributed by atoms with van der Waals surface area (Å²) in [6.07, 6.45) is 1.53. The van der Waals surface area contributed by atoms with Crippen LogP contribution in [0.5, 0.6) is 0 Å². The Kier molecular flexibility index (Phi) is 4.28. The van der Waals surface area contributed by atoms with Crippen molar-refractivity contribution in [1.82, 2.24) is 19.8 Å². The van der Waals surface area contributed by atoms with Gasteiger partial charge in [-0.3, -0.25) is 4.79 Å². The number of rotatable bonds is 3. The highest BCUT2D eigenvalue weighted by Crippen LogP contribution is 2.24. The zero-order chi connectivity index (χ0) is 18.1. The van der Waals surface area contributed by atoms with Gasteiger partial charge in [-0.1, -0.05) is 35.3 Å². The molecule has 2 heterocycles. The monoisotopic (exact) mass is 383 g/mol. The molecule has 0 saturated heterocycles. The summed E-state index contributed by atoms with van der Waals surface area (Å²) >= 11 is 12.0. The van der Waals surface area contributed by atoms with Crippen LogP contribution >= 0.6 is 23.2 Å². The SMILES string of the molecule is O=C(Nc1cccc(-c2ccc3nncn3n2)c1)c1cc(Cl)ccc1Cl. The maximum Gasteiger partial charge on any atom is 0.257 e. The van der Waals surface area contributed by atoms with Gasteiger partial charge in [0.15, 0.2) is 5.65 Å². The van der Waals surface area contributed by atoms with Gasteiger partial charge in [-0.25, -0.2) is 0 Å². The molecule has 8 heteroatoms. The molecule has 4 aromatic rings. The Labute approximate surface area is 158 Å². The number of carbonyl (C=O) groups is 1. The molecule has 0 radical (unpaired) electrons. The molecule has 0 spiro atoms. The molecule has 0 fully saturated rings. The first-order valence-electron chi connectivity index (χ1n) is 7.64. The molecule has 26 heavy (non-hydrogen) atoms. The van der Waals surface area contributed by atoms with Gasteiger partial charge in [0.2, 0.25) is 0 Å². The van der Waals surface area contributed by atoms with Crippen LogP contribution in [-0.4, -0.2) is 25.7 Å². The molecule has 1 N–H and O–H groups in total. The van der Waals surface area contributed by atoms with Crippen molar-refractivity contribution in [3.63, 3.8) is 0 Å². The predicted octanol–water partition coefficient (Wildman–Crippen LogP) is 4.35. The summed E-state index contributed by atoms with van der Waals surface area (Å²) in [5.74, 6) is -0.336. The van der Waals surface area contributed by atoms with Gasteiger partial charge in [0.05, 0.1) is 16.3 Å². The van der Waals surface area contributed by atoms with Crippen molar-refractivity contribution in [2.24, 2.45) is 0 Å². The summed E-state index contributed by atoms with van der Waals surface area (Å²) in [5, 5.41) is 15.8. The number of halogens is 2. The topological polar surface area (TPSA) is 72.2 Å². The lowest BCUT2D eigenvalue weighted by molar-refractivity contribution is 0.102.